The lowest BCUT2D eigenvalue weighted by molar-refractivity contribution is -0.159. The van der Waals surface area contributed by atoms with Crippen molar-refractivity contribution in [1.29, 1.82) is 0 Å². The van der Waals surface area contributed by atoms with Crippen LogP contribution in [0.4, 0.5) is 4.79 Å². The second-order valence-corrected chi connectivity index (χ2v) is 7.28. The SMILES string of the molecule is COC(=O)C[C@@H](C(=O)OC)[C@H](NC(=O)CCCCCNC(=O)OCc1ccccc1)C(=O)OC. The van der Waals surface area contributed by atoms with Gasteiger partial charge in [-0.05, 0) is 18.4 Å². The standard InChI is InChI=1S/C23H32N2O9/c1-31-19(27)14-17(21(28)32-2)20(22(29)33-3)25-18(26)12-8-5-9-13-24-23(30)34-15-16-10-6-4-7-11-16/h4,6-7,10-11,17,20H,5,8-9,12-15H2,1-3H3,(H,24,30)(H,25,26)/t17-,20+/m1/s1. The maximum Gasteiger partial charge on any atom is 0.407 e. The van der Waals surface area contributed by atoms with Crippen molar-refractivity contribution < 1.29 is 42.9 Å². The molecule has 1 rings (SSSR count). The van der Waals surface area contributed by atoms with Crippen LogP contribution in [-0.2, 0) is 44.7 Å². The summed E-state index contributed by atoms with van der Waals surface area (Å²) in [6.45, 7) is 0.556. The average molecular weight is 481 g/mol. The molecular formula is C23H32N2O9. The predicted octanol–water partition coefficient (Wildman–Crippen LogP) is 1.48. The summed E-state index contributed by atoms with van der Waals surface area (Å²) in [5.74, 6) is -4.27. The maximum absolute atomic E-state index is 12.3. The van der Waals surface area contributed by atoms with E-state index in [2.05, 4.69) is 24.8 Å². The highest BCUT2D eigenvalue weighted by atomic mass is 16.5. The van der Waals surface area contributed by atoms with Crippen molar-refractivity contribution in [1.82, 2.24) is 10.6 Å². The van der Waals surface area contributed by atoms with Gasteiger partial charge in [-0.3, -0.25) is 14.4 Å². The third kappa shape index (κ3) is 10.8. The first kappa shape index (κ1) is 28.4. The molecule has 2 amide bonds. The summed E-state index contributed by atoms with van der Waals surface area (Å²) in [6.07, 6.45) is 0.786. The molecule has 0 saturated heterocycles. The van der Waals surface area contributed by atoms with Crippen LogP contribution in [0.1, 0.15) is 37.7 Å². The van der Waals surface area contributed by atoms with E-state index in [-0.39, 0.29) is 13.0 Å². The van der Waals surface area contributed by atoms with E-state index >= 15 is 0 Å². The molecule has 1 aromatic rings. The smallest absolute Gasteiger partial charge is 0.407 e. The van der Waals surface area contributed by atoms with Gasteiger partial charge in [-0.15, -0.1) is 0 Å². The normalized spacial score (nSPS) is 12.0. The number of rotatable bonds is 14. The highest BCUT2D eigenvalue weighted by Crippen LogP contribution is 2.15. The third-order valence-electron chi connectivity index (χ3n) is 4.85. The molecule has 0 aromatic heterocycles. The Morgan fingerprint density at radius 1 is 0.853 bits per heavy atom. The molecule has 0 saturated carbocycles. The number of ether oxygens (including phenoxy) is 4. The van der Waals surface area contributed by atoms with Crippen molar-refractivity contribution in [3.8, 4) is 0 Å². The number of benzene rings is 1. The molecule has 0 unspecified atom stereocenters. The first-order valence-electron chi connectivity index (χ1n) is 10.8. The van der Waals surface area contributed by atoms with E-state index in [1.807, 2.05) is 30.3 Å². The molecule has 0 bridgehead atoms. The molecule has 2 N–H and O–H groups in total. The molecule has 0 aliphatic carbocycles. The summed E-state index contributed by atoms with van der Waals surface area (Å²) in [7, 11) is 3.35. The number of carbonyl (C=O) groups is 5. The van der Waals surface area contributed by atoms with Gasteiger partial charge in [0, 0.05) is 13.0 Å². The number of carbonyl (C=O) groups excluding carboxylic acids is 5. The van der Waals surface area contributed by atoms with Crippen molar-refractivity contribution >= 4 is 29.9 Å². The molecule has 11 heteroatoms. The van der Waals surface area contributed by atoms with Crippen molar-refractivity contribution in [3.63, 3.8) is 0 Å². The van der Waals surface area contributed by atoms with E-state index in [1.165, 1.54) is 0 Å². The fraction of sp³-hybridized carbons (Fsp3) is 0.522. The van der Waals surface area contributed by atoms with Crippen molar-refractivity contribution in [2.24, 2.45) is 5.92 Å². The van der Waals surface area contributed by atoms with Gasteiger partial charge in [0.1, 0.15) is 12.6 Å². The average Bonchev–Trinajstić information content (AvgIpc) is 2.86. The van der Waals surface area contributed by atoms with E-state index in [4.69, 9.17) is 4.74 Å². The summed E-state index contributed by atoms with van der Waals surface area (Å²) < 4.78 is 19.0. The molecule has 188 valence electrons. The zero-order valence-corrected chi connectivity index (χ0v) is 19.7. The Morgan fingerprint density at radius 3 is 2.15 bits per heavy atom. The van der Waals surface area contributed by atoms with Crippen molar-refractivity contribution in [2.45, 2.75) is 44.8 Å². The Bertz CT molecular complexity index is 814. The second-order valence-electron chi connectivity index (χ2n) is 7.28. The van der Waals surface area contributed by atoms with Gasteiger partial charge in [-0.25, -0.2) is 9.59 Å². The quantitative estimate of drug-likeness (QED) is 0.230. The van der Waals surface area contributed by atoms with Crippen LogP contribution < -0.4 is 10.6 Å². The molecule has 34 heavy (non-hydrogen) atoms. The highest BCUT2D eigenvalue weighted by molar-refractivity contribution is 5.91. The minimum atomic E-state index is -1.40. The van der Waals surface area contributed by atoms with E-state index in [1.54, 1.807) is 0 Å². The predicted molar refractivity (Wildman–Crippen MR) is 119 cm³/mol. The highest BCUT2D eigenvalue weighted by Gasteiger charge is 2.38. The van der Waals surface area contributed by atoms with E-state index < -0.39 is 48.3 Å². The molecule has 1 aromatic carbocycles. The largest absolute Gasteiger partial charge is 0.469 e. The summed E-state index contributed by atoms with van der Waals surface area (Å²) >= 11 is 0. The van der Waals surface area contributed by atoms with Crippen LogP contribution in [0.25, 0.3) is 0 Å². The lowest BCUT2D eigenvalue weighted by Crippen LogP contribution is -2.50. The number of hydrogen-bond donors (Lipinski definition) is 2. The minimum absolute atomic E-state index is 0.0675. The number of nitrogens with one attached hydrogen (secondary N) is 2. The molecule has 2 atom stereocenters. The summed E-state index contributed by atoms with van der Waals surface area (Å²) in [6, 6.07) is 7.89. The molecule has 0 fully saturated rings. The van der Waals surface area contributed by atoms with Crippen LogP contribution >= 0.6 is 0 Å². The van der Waals surface area contributed by atoms with Gasteiger partial charge in [0.15, 0.2) is 0 Å². The van der Waals surface area contributed by atoms with Crippen LogP contribution in [0.15, 0.2) is 30.3 Å². The van der Waals surface area contributed by atoms with Gasteiger partial charge in [-0.1, -0.05) is 36.8 Å². The third-order valence-corrected chi connectivity index (χ3v) is 4.85. The molecule has 0 aliphatic rings. The Morgan fingerprint density at radius 2 is 1.53 bits per heavy atom. The lowest BCUT2D eigenvalue weighted by Gasteiger charge is -2.23. The molecule has 0 radical (unpaired) electrons. The zero-order valence-electron chi connectivity index (χ0n) is 19.7. The Balaban J connectivity index is 2.39. The number of esters is 3. The first-order valence-corrected chi connectivity index (χ1v) is 10.8. The number of hydrogen-bond acceptors (Lipinski definition) is 9. The number of unbranched alkanes of at least 4 members (excludes halogenated alkanes) is 2. The van der Waals surface area contributed by atoms with Crippen LogP contribution in [-0.4, -0.2) is 63.8 Å². The Kier molecular flexibility index (Phi) is 13.4. The van der Waals surface area contributed by atoms with Crippen LogP contribution in [0.3, 0.4) is 0 Å². The van der Waals surface area contributed by atoms with Gasteiger partial charge >= 0.3 is 24.0 Å². The molecule has 0 spiro atoms. The van der Waals surface area contributed by atoms with Crippen LogP contribution in [0, 0.1) is 5.92 Å². The zero-order chi connectivity index (χ0) is 25.3. The summed E-state index contributed by atoms with van der Waals surface area (Å²) in [4.78, 5) is 59.9. The number of alkyl carbamates (subject to hydrolysis) is 1. The first-order chi connectivity index (χ1) is 16.3. The Hall–Kier alpha value is -3.63. The topological polar surface area (TPSA) is 146 Å². The Labute approximate surface area is 198 Å². The van der Waals surface area contributed by atoms with Gasteiger partial charge in [0.2, 0.25) is 5.91 Å². The van der Waals surface area contributed by atoms with Gasteiger partial charge in [0.25, 0.3) is 0 Å². The molecule has 11 nitrogen and oxygen atoms in total. The van der Waals surface area contributed by atoms with Crippen molar-refractivity contribution in [3.05, 3.63) is 35.9 Å². The monoisotopic (exact) mass is 480 g/mol. The lowest BCUT2D eigenvalue weighted by atomic mass is 9.95. The number of amides is 2. The minimum Gasteiger partial charge on any atom is -0.469 e. The molecular weight excluding hydrogens is 448 g/mol. The van der Waals surface area contributed by atoms with Crippen molar-refractivity contribution in [2.75, 3.05) is 27.9 Å². The second kappa shape index (κ2) is 16.1. The molecule has 0 heterocycles. The van der Waals surface area contributed by atoms with Crippen LogP contribution in [0.2, 0.25) is 0 Å². The maximum atomic E-state index is 12.3. The summed E-state index contributed by atoms with van der Waals surface area (Å²) in [5.41, 5.74) is 0.884. The number of methoxy groups -OCH3 is 3. The fourth-order valence-corrected chi connectivity index (χ4v) is 3.00. The summed E-state index contributed by atoms with van der Waals surface area (Å²) in [5, 5.41) is 5.08. The van der Waals surface area contributed by atoms with Crippen LogP contribution in [0.5, 0.6) is 0 Å². The van der Waals surface area contributed by atoms with Gasteiger partial charge in [0.05, 0.1) is 33.7 Å². The van der Waals surface area contributed by atoms with E-state index in [0.717, 1.165) is 26.9 Å². The fourth-order valence-electron chi connectivity index (χ4n) is 3.00. The van der Waals surface area contributed by atoms with Gasteiger partial charge < -0.3 is 29.6 Å². The van der Waals surface area contributed by atoms with E-state index in [0.29, 0.717) is 25.8 Å². The van der Waals surface area contributed by atoms with Gasteiger partial charge in [-0.2, -0.15) is 0 Å². The van der Waals surface area contributed by atoms with E-state index in [9.17, 15) is 24.0 Å². The molecule has 0 aliphatic heterocycles.